The molecule has 0 aliphatic rings. The SMILES string of the molecule is COC(CN)Cc1nc(-c2ccccc2C)no1. The van der Waals surface area contributed by atoms with Crippen LogP contribution in [0.4, 0.5) is 0 Å². The molecule has 0 aliphatic heterocycles. The minimum Gasteiger partial charge on any atom is -0.380 e. The Balaban J connectivity index is 2.18. The molecular weight excluding hydrogens is 230 g/mol. The van der Waals surface area contributed by atoms with E-state index in [9.17, 15) is 0 Å². The van der Waals surface area contributed by atoms with E-state index in [1.54, 1.807) is 7.11 Å². The number of methoxy groups -OCH3 is 1. The van der Waals surface area contributed by atoms with Gasteiger partial charge in [0, 0.05) is 19.2 Å². The molecule has 1 aromatic heterocycles. The molecule has 0 saturated carbocycles. The summed E-state index contributed by atoms with van der Waals surface area (Å²) in [7, 11) is 1.62. The summed E-state index contributed by atoms with van der Waals surface area (Å²) in [6.45, 7) is 2.45. The number of ether oxygens (including phenoxy) is 1. The standard InChI is InChI=1S/C13H17N3O2/c1-9-5-3-4-6-11(9)13-15-12(18-16-13)7-10(8-14)17-2/h3-6,10H,7-8,14H2,1-2H3. The van der Waals surface area contributed by atoms with Crippen molar-refractivity contribution in [2.45, 2.75) is 19.4 Å². The maximum Gasteiger partial charge on any atom is 0.229 e. The van der Waals surface area contributed by atoms with Gasteiger partial charge in [-0.15, -0.1) is 0 Å². The third kappa shape index (κ3) is 2.75. The normalized spacial score (nSPS) is 12.6. The van der Waals surface area contributed by atoms with Crippen LogP contribution in [0.25, 0.3) is 11.4 Å². The van der Waals surface area contributed by atoms with E-state index in [1.165, 1.54) is 0 Å². The maximum atomic E-state index is 5.56. The van der Waals surface area contributed by atoms with Gasteiger partial charge < -0.3 is 15.0 Å². The third-order valence-electron chi connectivity index (χ3n) is 2.85. The molecule has 0 aliphatic carbocycles. The zero-order chi connectivity index (χ0) is 13.0. The lowest BCUT2D eigenvalue weighted by molar-refractivity contribution is 0.102. The average molecular weight is 247 g/mol. The molecule has 5 heteroatoms. The van der Waals surface area contributed by atoms with Gasteiger partial charge in [-0.25, -0.2) is 0 Å². The first kappa shape index (κ1) is 12.7. The van der Waals surface area contributed by atoms with Crippen LogP contribution in [0, 0.1) is 6.92 Å². The Kier molecular flexibility index (Phi) is 4.07. The van der Waals surface area contributed by atoms with Crippen LogP contribution < -0.4 is 5.73 Å². The monoisotopic (exact) mass is 247 g/mol. The third-order valence-corrected chi connectivity index (χ3v) is 2.85. The molecule has 2 rings (SSSR count). The molecule has 0 radical (unpaired) electrons. The van der Waals surface area contributed by atoms with Crippen molar-refractivity contribution in [1.29, 1.82) is 0 Å². The molecular formula is C13H17N3O2. The first-order valence-electron chi connectivity index (χ1n) is 5.86. The van der Waals surface area contributed by atoms with Gasteiger partial charge in [0.15, 0.2) is 0 Å². The lowest BCUT2D eigenvalue weighted by atomic mass is 10.1. The second kappa shape index (κ2) is 5.75. The van der Waals surface area contributed by atoms with Gasteiger partial charge in [0.2, 0.25) is 11.7 Å². The predicted molar refractivity (Wildman–Crippen MR) is 68.0 cm³/mol. The number of nitrogens with zero attached hydrogens (tertiary/aromatic N) is 2. The fourth-order valence-corrected chi connectivity index (χ4v) is 1.73. The minimum absolute atomic E-state index is 0.0878. The van der Waals surface area contributed by atoms with Crippen LogP contribution in [-0.4, -0.2) is 29.9 Å². The fraction of sp³-hybridized carbons (Fsp3) is 0.385. The van der Waals surface area contributed by atoms with Gasteiger partial charge in [-0.1, -0.05) is 29.4 Å². The van der Waals surface area contributed by atoms with E-state index < -0.39 is 0 Å². The second-order valence-corrected chi connectivity index (χ2v) is 4.12. The van der Waals surface area contributed by atoms with Gasteiger partial charge in [0.1, 0.15) is 0 Å². The fourth-order valence-electron chi connectivity index (χ4n) is 1.73. The highest BCUT2D eigenvalue weighted by Gasteiger charge is 2.14. The largest absolute Gasteiger partial charge is 0.380 e. The smallest absolute Gasteiger partial charge is 0.229 e. The quantitative estimate of drug-likeness (QED) is 0.867. The average Bonchev–Trinajstić information content (AvgIpc) is 2.85. The summed E-state index contributed by atoms with van der Waals surface area (Å²) < 4.78 is 10.4. The molecule has 1 unspecified atom stereocenters. The van der Waals surface area contributed by atoms with Crippen molar-refractivity contribution >= 4 is 0 Å². The zero-order valence-corrected chi connectivity index (χ0v) is 10.6. The summed E-state index contributed by atoms with van der Waals surface area (Å²) in [4.78, 5) is 4.36. The van der Waals surface area contributed by atoms with Crippen LogP contribution in [0.15, 0.2) is 28.8 Å². The van der Waals surface area contributed by atoms with Gasteiger partial charge in [-0.2, -0.15) is 4.98 Å². The van der Waals surface area contributed by atoms with Crippen LogP contribution >= 0.6 is 0 Å². The molecule has 2 aromatic rings. The number of nitrogens with two attached hydrogens (primary N) is 1. The van der Waals surface area contributed by atoms with E-state index in [1.807, 2.05) is 31.2 Å². The van der Waals surface area contributed by atoms with Crippen molar-refractivity contribution in [3.05, 3.63) is 35.7 Å². The Morgan fingerprint density at radius 3 is 2.83 bits per heavy atom. The maximum absolute atomic E-state index is 5.56. The number of rotatable bonds is 5. The Morgan fingerprint density at radius 2 is 2.17 bits per heavy atom. The van der Waals surface area contributed by atoms with Gasteiger partial charge in [0.25, 0.3) is 0 Å². The highest BCUT2D eigenvalue weighted by atomic mass is 16.5. The van der Waals surface area contributed by atoms with Crippen molar-refractivity contribution < 1.29 is 9.26 Å². The van der Waals surface area contributed by atoms with Gasteiger partial charge in [-0.3, -0.25) is 0 Å². The summed E-state index contributed by atoms with van der Waals surface area (Å²) in [6.07, 6.45) is 0.446. The molecule has 0 fully saturated rings. The Bertz CT molecular complexity index is 506. The van der Waals surface area contributed by atoms with Gasteiger partial charge in [-0.05, 0) is 12.5 Å². The topological polar surface area (TPSA) is 74.2 Å². The van der Waals surface area contributed by atoms with Gasteiger partial charge in [0.05, 0.1) is 12.5 Å². The number of aromatic nitrogens is 2. The van der Waals surface area contributed by atoms with E-state index in [-0.39, 0.29) is 6.10 Å². The first-order chi connectivity index (χ1) is 8.74. The first-order valence-corrected chi connectivity index (χ1v) is 5.86. The van der Waals surface area contributed by atoms with E-state index >= 15 is 0 Å². The molecule has 18 heavy (non-hydrogen) atoms. The van der Waals surface area contributed by atoms with E-state index in [2.05, 4.69) is 10.1 Å². The van der Waals surface area contributed by atoms with Crippen molar-refractivity contribution in [3.63, 3.8) is 0 Å². The van der Waals surface area contributed by atoms with E-state index in [0.29, 0.717) is 24.7 Å². The Labute approximate surface area is 106 Å². The van der Waals surface area contributed by atoms with E-state index in [4.69, 9.17) is 15.0 Å². The summed E-state index contributed by atoms with van der Waals surface area (Å²) >= 11 is 0. The number of aryl methyl sites for hydroxylation is 1. The molecule has 96 valence electrons. The molecule has 1 aromatic carbocycles. The van der Waals surface area contributed by atoms with E-state index in [0.717, 1.165) is 11.1 Å². The summed E-state index contributed by atoms with van der Waals surface area (Å²) in [5, 5.41) is 3.99. The van der Waals surface area contributed by atoms with Crippen molar-refractivity contribution in [2.24, 2.45) is 5.73 Å². The number of benzene rings is 1. The zero-order valence-electron chi connectivity index (χ0n) is 10.6. The van der Waals surface area contributed by atoms with Crippen LogP contribution in [-0.2, 0) is 11.2 Å². The summed E-state index contributed by atoms with van der Waals surface area (Å²) in [5.41, 5.74) is 7.66. The summed E-state index contributed by atoms with van der Waals surface area (Å²) in [5.74, 6) is 1.15. The van der Waals surface area contributed by atoms with Crippen LogP contribution in [0.3, 0.4) is 0 Å². The molecule has 2 N–H and O–H groups in total. The molecule has 1 atom stereocenters. The van der Waals surface area contributed by atoms with Crippen LogP contribution in [0.1, 0.15) is 11.5 Å². The molecule has 0 spiro atoms. The Morgan fingerprint density at radius 1 is 1.39 bits per heavy atom. The summed E-state index contributed by atoms with van der Waals surface area (Å²) in [6, 6.07) is 7.93. The van der Waals surface area contributed by atoms with Crippen LogP contribution in [0.2, 0.25) is 0 Å². The molecule has 5 nitrogen and oxygen atoms in total. The van der Waals surface area contributed by atoms with Gasteiger partial charge >= 0.3 is 0 Å². The second-order valence-electron chi connectivity index (χ2n) is 4.12. The van der Waals surface area contributed by atoms with Crippen molar-refractivity contribution in [1.82, 2.24) is 10.1 Å². The lowest BCUT2D eigenvalue weighted by Crippen LogP contribution is -2.24. The Hall–Kier alpha value is -1.72. The highest BCUT2D eigenvalue weighted by molar-refractivity contribution is 5.58. The van der Waals surface area contributed by atoms with Crippen LogP contribution in [0.5, 0.6) is 0 Å². The molecule has 0 saturated heterocycles. The predicted octanol–water partition coefficient (Wildman–Crippen LogP) is 1.56. The van der Waals surface area contributed by atoms with Crippen molar-refractivity contribution in [3.8, 4) is 11.4 Å². The number of hydrogen-bond donors (Lipinski definition) is 1. The molecule has 0 amide bonds. The lowest BCUT2D eigenvalue weighted by Gasteiger charge is -2.08. The minimum atomic E-state index is -0.0878. The molecule has 0 bridgehead atoms. The number of hydrogen-bond acceptors (Lipinski definition) is 5. The highest BCUT2D eigenvalue weighted by Crippen LogP contribution is 2.20. The van der Waals surface area contributed by atoms with Crippen molar-refractivity contribution in [2.75, 3.05) is 13.7 Å². The molecule has 1 heterocycles.